The summed E-state index contributed by atoms with van der Waals surface area (Å²) in [7, 11) is 1.66. The van der Waals surface area contributed by atoms with Gasteiger partial charge in [0.2, 0.25) is 11.8 Å². The summed E-state index contributed by atoms with van der Waals surface area (Å²) in [6.45, 7) is 0. The Kier molecular flexibility index (Phi) is 5.33. The molecular formula is C20H22N2O3. The number of fused-ring (bicyclic) bond motifs is 1. The number of nitrogens with one attached hydrogen (secondary N) is 2. The molecule has 0 atom stereocenters. The fourth-order valence-electron chi connectivity index (χ4n) is 3.03. The summed E-state index contributed by atoms with van der Waals surface area (Å²) in [4.78, 5) is 23.5. The first-order valence-electron chi connectivity index (χ1n) is 8.50. The molecule has 5 nitrogen and oxygen atoms in total. The predicted octanol–water partition coefficient (Wildman–Crippen LogP) is 3.54. The van der Waals surface area contributed by atoms with E-state index in [0.717, 1.165) is 41.1 Å². The van der Waals surface area contributed by atoms with Crippen LogP contribution in [0.2, 0.25) is 0 Å². The number of hydrogen-bond donors (Lipinski definition) is 2. The molecule has 2 N–H and O–H groups in total. The number of methoxy groups -OCH3 is 1. The maximum Gasteiger partial charge on any atom is 0.224 e. The van der Waals surface area contributed by atoms with Gasteiger partial charge in [-0.1, -0.05) is 18.2 Å². The van der Waals surface area contributed by atoms with Crippen LogP contribution in [0, 0.1) is 0 Å². The molecule has 0 saturated heterocycles. The molecule has 3 rings (SSSR count). The molecule has 0 fully saturated rings. The second-order valence-corrected chi connectivity index (χ2v) is 6.13. The summed E-state index contributed by atoms with van der Waals surface area (Å²) in [5, 5.41) is 5.78. The molecule has 0 unspecified atom stereocenters. The van der Waals surface area contributed by atoms with Gasteiger partial charge in [-0.2, -0.15) is 0 Å². The van der Waals surface area contributed by atoms with Crippen molar-refractivity contribution in [3.05, 3.63) is 53.6 Å². The van der Waals surface area contributed by atoms with Crippen LogP contribution in [-0.4, -0.2) is 18.9 Å². The number of hydrogen-bond acceptors (Lipinski definition) is 3. The lowest BCUT2D eigenvalue weighted by Gasteiger charge is -2.17. The smallest absolute Gasteiger partial charge is 0.224 e. The lowest BCUT2D eigenvalue weighted by molar-refractivity contribution is -0.117. The molecule has 1 aliphatic heterocycles. The molecule has 5 heteroatoms. The van der Waals surface area contributed by atoms with E-state index >= 15 is 0 Å². The monoisotopic (exact) mass is 338 g/mol. The van der Waals surface area contributed by atoms with Gasteiger partial charge in [0.05, 0.1) is 7.11 Å². The van der Waals surface area contributed by atoms with E-state index in [0.29, 0.717) is 19.3 Å². The molecule has 0 saturated carbocycles. The zero-order valence-electron chi connectivity index (χ0n) is 14.3. The van der Waals surface area contributed by atoms with Gasteiger partial charge in [0, 0.05) is 24.2 Å². The van der Waals surface area contributed by atoms with Crippen LogP contribution in [0.15, 0.2) is 42.5 Å². The number of rotatable bonds is 6. The molecule has 0 spiro atoms. The summed E-state index contributed by atoms with van der Waals surface area (Å²) in [5.41, 5.74) is 3.79. The fourth-order valence-corrected chi connectivity index (χ4v) is 3.03. The van der Waals surface area contributed by atoms with Gasteiger partial charge < -0.3 is 15.4 Å². The van der Waals surface area contributed by atoms with Crippen molar-refractivity contribution in [3.63, 3.8) is 0 Å². The van der Waals surface area contributed by atoms with Crippen LogP contribution < -0.4 is 15.4 Å². The molecule has 130 valence electrons. The van der Waals surface area contributed by atoms with E-state index in [2.05, 4.69) is 10.6 Å². The Morgan fingerprint density at radius 2 is 2.04 bits per heavy atom. The summed E-state index contributed by atoms with van der Waals surface area (Å²) in [6, 6.07) is 13.5. The maximum atomic E-state index is 12.2. The Labute approximate surface area is 147 Å². The first-order valence-corrected chi connectivity index (χ1v) is 8.50. The number of carbonyl (C=O) groups excluding carboxylic acids is 2. The van der Waals surface area contributed by atoms with E-state index in [9.17, 15) is 9.59 Å². The second kappa shape index (κ2) is 7.83. The van der Waals surface area contributed by atoms with Gasteiger partial charge in [-0.05, 0) is 54.7 Å². The zero-order chi connectivity index (χ0) is 17.6. The van der Waals surface area contributed by atoms with Crippen molar-refractivity contribution in [1.82, 2.24) is 0 Å². The fraction of sp³-hybridized carbons (Fsp3) is 0.300. The maximum absolute atomic E-state index is 12.2. The van der Waals surface area contributed by atoms with Crippen molar-refractivity contribution in [3.8, 4) is 5.75 Å². The third kappa shape index (κ3) is 4.38. The molecule has 2 aromatic carbocycles. The number of benzene rings is 2. The van der Waals surface area contributed by atoms with Crippen molar-refractivity contribution in [2.24, 2.45) is 0 Å². The molecule has 1 heterocycles. The average molecular weight is 338 g/mol. The Morgan fingerprint density at radius 1 is 1.20 bits per heavy atom. The van der Waals surface area contributed by atoms with Crippen LogP contribution >= 0.6 is 0 Å². The topological polar surface area (TPSA) is 67.4 Å². The van der Waals surface area contributed by atoms with Crippen LogP contribution in [0.25, 0.3) is 0 Å². The Morgan fingerprint density at radius 3 is 2.88 bits per heavy atom. The molecular weight excluding hydrogens is 316 g/mol. The van der Waals surface area contributed by atoms with E-state index in [-0.39, 0.29) is 11.8 Å². The van der Waals surface area contributed by atoms with Gasteiger partial charge in [-0.25, -0.2) is 0 Å². The van der Waals surface area contributed by atoms with Crippen molar-refractivity contribution in [1.29, 1.82) is 0 Å². The number of anilines is 2. The molecule has 25 heavy (non-hydrogen) atoms. The molecule has 2 amide bonds. The number of aryl methyl sites for hydroxylation is 2. The van der Waals surface area contributed by atoms with Gasteiger partial charge in [0.1, 0.15) is 5.75 Å². The minimum absolute atomic E-state index is 0.00491. The highest BCUT2D eigenvalue weighted by molar-refractivity contribution is 5.95. The summed E-state index contributed by atoms with van der Waals surface area (Å²) in [5.74, 6) is 0.898. The number of ether oxygens (including phenoxy) is 1. The lowest BCUT2D eigenvalue weighted by Crippen LogP contribution is -2.19. The summed E-state index contributed by atoms with van der Waals surface area (Å²) < 4.78 is 5.33. The van der Waals surface area contributed by atoms with Crippen molar-refractivity contribution < 1.29 is 14.3 Å². The van der Waals surface area contributed by atoms with Gasteiger partial charge in [0.15, 0.2) is 0 Å². The number of para-hydroxylation sites is 1. The Bertz CT molecular complexity index is 786. The highest BCUT2D eigenvalue weighted by Gasteiger charge is 2.15. The standard InChI is InChI=1S/C20H22N2O3/c1-25-18-7-3-2-5-14(18)6-4-8-19(23)21-16-10-11-17-15(13-16)9-12-20(24)22-17/h2-3,5,7,10-11,13H,4,6,8-9,12H2,1H3,(H,21,23)(H,22,24). The molecule has 0 aliphatic carbocycles. The van der Waals surface area contributed by atoms with Crippen molar-refractivity contribution in [2.45, 2.75) is 32.1 Å². The third-order valence-corrected chi connectivity index (χ3v) is 4.33. The largest absolute Gasteiger partial charge is 0.496 e. The van der Waals surface area contributed by atoms with Crippen LogP contribution in [0.3, 0.4) is 0 Å². The molecule has 0 radical (unpaired) electrons. The predicted molar refractivity (Wildman–Crippen MR) is 98.0 cm³/mol. The molecule has 2 aromatic rings. The van der Waals surface area contributed by atoms with Gasteiger partial charge >= 0.3 is 0 Å². The number of amides is 2. The third-order valence-electron chi connectivity index (χ3n) is 4.33. The van der Waals surface area contributed by atoms with E-state index in [1.54, 1.807) is 7.11 Å². The summed E-state index contributed by atoms with van der Waals surface area (Å²) in [6.07, 6.45) is 3.20. The van der Waals surface area contributed by atoms with Crippen LogP contribution in [0.4, 0.5) is 11.4 Å². The van der Waals surface area contributed by atoms with Crippen molar-refractivity contribution >= 4 is 23.2 Å². The normalized spacial score (nSPS) is 12.9. The minimum Gasteiger partial charge on any atom is -0.496 e. The Hall–Kier alpha value is -2.82. The highest BCUT2D eigenvalue weighted by Crippen LogP contribution is 2.26. The molecule has 0 aromatic heterocycles. The lowest BCUT2D eigenvalue weighted by atomic mass is 10.0. The SMILES string of the molecule is COc1ccccc1CCCC(=O)Nc1ccc2c(c1)CCC(=O)N2. The van der Waals surface area contributed by atoms with E-state index in [1.165, 1.54) is 0 Å². The van der Waals surface area contributed by atoms with Crippen LogP contribution in [0.1, 0.15) is 30.4 Å². The number of carbonyl (C=O) groups is 2. The Balaban J connectivity index is 1.52. The van der Waals surface area contributed by atoms with Crippen LogP contribution in [-0.2, 0) is 22.4 Å². The molecule has 1 aliphatic rings. The second-order valence-electron chi connectivity index (χ2n) is 6.13. The highest BCUT2D eigenvalue weighted by atomic mass is 16.5. The molecule has 0 bridgehead atoms. The summed E-state index contributed by atoms with van der Waals surface area (Å²) >= 11 is 0. The first kappa shape index (κ1) is 17.0. The average Bonchev–Trinajstić information content (AvgIpc) is 2.62. The van der Waals surface area contributed by atoms with Crippen LogP contribution in [0.5, 0.6) is 5.75 Å². The zero-order valence-corrected chi connectivity index (χ0v) is 14.3. The van der Waals surface area contributed by atoms with Gasteiger partial charge in [-0.3, -0.25) is 9.59 Å². The first-order chi connectivity index (χ1) is 12.2. The van der Waals surface area contributed by atoms with E-state index in [4.69, 9.17) is 4.74 Å². The van der Waals surface area contributed by atoms with Gasteiger partial charge in [-0.15, -0.1) is 0 Å². The quantitative estimate of drug-likeness (QED) is 0.846. The minimum atomic E-state index is -0.00491. The van der Waals surface area contributed by atoms with Crippen molar-refractivity contribution in [2.75, 3.05) is 17.7 Å². The van der Waals surface area contributed by atoms with E-state index < -0.39 is 0 Å². The van der Waals surface area contributed by atoms with Gasteiger partial charge in [0.25, 0.3) is 0 Å². The van der Waals surface area contributed by atoms with E-state index in [1.807, 2.05) is 42.5 Å².